The molecular weight excluding hydrogens is 368 g/mol. The molecule has 0 spiro atoms. The number of carbonyl (C=O) groups is 1. The van der Waals surface area contributed by atoms with Crippen LogP contribution < -0.4 is 0 Å². The largest absolute Gasteiger partial charge is 0.358 e. The molecular formula is C22H22N4OS. The van der Waals surface area contributed by atoms with Crippen LogP contribution in [-0.4, -0.2) is 31.3 Å². The molecule has 142 valence electrons. The second-order valence-corrected chi connectivity index (χ2v) is 7.74. The Labute approximate surface area is 168 Å². The molecule has 0 amide bonds. The van der Waals surface area contributed by atoms with Gasteiger partial charge in [0.05, 0.1) is 5.75 Å². The van der Waals surface area contributed by atoms with Gasteiger partial charge in [-0.05, 0) is 32.9 Å². The van der Waals surface area contributed by atoms with E-state index in [4.69, 9.17) is 0 Å². The van der Waals surface area contributed by atoms with Gasteiger partial charge in [0.25, 0.3) is 0 Å². The average Bonchev–Trinajstić information content (AvgIpc) is 3.25. The Morgan fingerprint density at radius 2 is 1.93 bits per heavy atom. The predicted molar refractivity (Wildman–Crippen MR) is 114 cm³/mol. The molecule has 0 saturated carbocycles. The SMILES string of the molecule is CCn1c(SCC(=O)c2c(C)[nH]c3ccccc23)nnc1-c1cccc(C)c1. The second-order valence-electron chi connectivity index (χ2n) is 6.80. The Hall–Kier alpha value is -2.86. The minimum Gasteiger partial charge on any atom is -0.358 e. The zero-order valence-electron chi connectivity index (χ0n) is 16.2. The highest BCUT2D eigenvalue weighted by Crippen LogP contribution is 2.27. The van der Waals surface area contributed by atoms with E-state index in [1.165, 1.54) is 17.3 Å². The molecule has 0 radical (unpaired) electrons. The highest BCUT2D eigenvalue weighted by Gasteiger charge is 2.19. The van der Waals surface area contributed by atoms with Gasteiger partial charge < -0.3 is 9.55 Å². The lowest BCUT2D eigenvalue weighted by molar-refractivity contribution is 0.102. The average molecular weight is 391 g/mol. The van der Waals surface area contributed by atoms with Gasteiger partial charge in [-0.2, -0.15) is 0 Å². The van der Waals surface area contributed by atoms with Gasteiger partial charge in [0, 0.05) is 34.3 Å². The monoisotopic (exact) mass is 390 g/mol. The number of aryl methyl sites for hydroxylation is 2. The van der Waals surface area contributed by atoms with E-state index in [-0.39, 0.29) is 5.78 Å². The number of Topliss-reactive ketones (excluding diaryl/α,β-unsaturated/α-hetero) is 1. The molecule has 5 nitrogen and oxygen atoms in total. The molecule has 0 bridgehead atoms. The summed E-state index contributed by atoms with van der Waals surface area (Å²) < 4.78 is 2.06. The van der Waals surface area contributed by atoms with Gasteiger partial charge in [-0.25, -0.2) is 0 Å². The summed E-state index contributed by atoms with van der Waals surface area (Å²) in [6.45, 7) is 6.83. The number of carbonyl (C=O) groups excluding carboxylic acids is 1. The number of para-hydroxylation sites is 1. The van der Waals surface area contributed by atoms with Crippen molar-refractivity contribution in [2.75, 3.05) is 5.75 Å². The van der Waals surface area contributed by atoms with E-state index in [1.807, 2.05) is 43.3 Å². The van der Waals surface area contributed by atoms with Crippen LogP contribution in [0.3, 0.4) is 0 Å². The molecule has 2 aromatic carbocycles. The van der Waals surface area contributed by atoms with Crippen molar-refractivity contribution in [3.63, 3.8) is 0 Å². The Bertz CT molecular complexity index is 1160. The predicted octanol–water partition coefficient (Wildman–Crippen LogP) is 5.04. The van der Waals surface area contributed by atoms with Crippen LogP contribution in [0.25, 0.3) is 22.3 Å². The number of H-pyrrole nitrogens is 1. The highest BCUT2D eigenvalue weighted by atomic mass is 32.2. The molecule has 0 saturated heterocycles. The summed E-state index contributed by atoms with van der Waals surface area (Å²) in [5.74, 6) is 1.27. The van der Waals surface area contributed by atoms with Crippen molar-refractivity contribution in [3.05, 3.63) is 65.4 Å². The summed E-state index contributed by atoms with van der Waals surface area (Å²) in [6, 6.07) is 16.1. The lowest BCUT2D eigenvalue weighted by Gasteiger charge is -2.08. The van der Waals surface area contributed by atoms with E-state index in [9.17, 15) is 4.79 Å². The first-order valence-corrected chi connectivity index (χ1v) is 10.3. The number of aromatic nitrogens is 4. The quantitative estimate of drug-likeness (QED) is 0.370. The third-order valence-electron chi connectivity index (χ3n) is 4.81. The van der Waals surface area contributed by atoms with Gasteiger partial charge in [0.1, 0.15) is 0 Å². The van der Waals surface area contributed by atoms with Crippen molar-refractivity contribution in [2.45, 2.75) is 32.5 Å². The maximum absolute atomic E-state index is 12.9. The van der Waals surface area contributed by atoms with Gasteiger partial charge in [-0.15, -0.1) is 10.2 Å². The van der Waals surface area contributed by atoms with Crippen LogP contribution >= 0.6 is 11.8 Å². The molecule has 0 aliphatic heterocycles. The van der Waals surface area contributed by atoms with Crippen molar-refractivity contribution >= 4 is 28.4 Å². The normalized spacial score (nSPS) is 11.2. The summed E-state index contributed by atoms with van der Waals surface area (Å²) in [5, 5.41) is 10.5. The molecule has 0 unspecified atom stereocenters. The number of nitrogens with zero attached hydrogens (tertiary/aromatic N) is 3. The van der Waals surface area contributed by atoms with Crippen LogP contribution in [0.15, 0.2) is 53.7 Å². The first-order valence-electron chi connectivity index (χ1n) is 9.32. The molecule has 2 aromatic heterocycles. The third-order valence-corrected chi connectivity index (χ3v) is 5.78. The Morgan fingerprint density at radius 1 is 1.11 bits per heavy atom. The molecule has 0 atom stereocenters. The van der Waals surface area contributed by atoms with Gasteiger partial charge in [0.15, 0.2) is 16.8 Å². The maximum atomic E-state index is 12.9. The van der Waals surface area contributed by atoms with E-state index >= 15 is 0 Å². The molecule has 6 heteroatoms. The third kappa shape index (κ3) is 3.36. The van der Waals surface area contributed by atoms with Crippen molar-refractivity contribution in [2.24, 2.45) is 0 Å². The molecule has 1 N–H and O–H groups in total. The van der Waals surface area contributed by atoms with Crippen LogP contribution in [0.5, 0.6) is 0 Å². The van der Waals surface area contributed by atoms with Gasteiger partial charge >= 0.3 is 0 Å². The smallest absolute Gasteiger partial charge is 0.191 e. The maximum Gasteiger partial charge on any atom is 0.191 e. The minimum atomic E-state index is 0.0997. The topological polar surface area (TPSA) is 63.6 Å². The zero-order chi connectivity index (χ0) is 19.7. The number of ketones is 1. The van der Waals surface area contributed by atoms with E-state index in [0.717, 1.165) is 45.2 Å². The molecule has 28 heavy (non-hydrogen) atoms. The van der Waals surface area contributed by atoms with Crippen LogP contribution in [0.2, 0.25) is 0 Å². The number of hydrogen-bond donors (Lipinski definition) is 1. The number of hydrogen-bond acceptors (Lipinski definition) is 4. The number of rotatable bonds is 6. The molecule has 4 aromatic rings. The first kappa shape index (κ1) is 18.5. The minimum absolute atomic E-state index is 0.0997. The first-order chi connectivity index (χ1) is 13.6. The fraction of sp³-hybridized carbons (Fsp3) is 0.227. The van der Waals surface area contributed by atoms with Crippen LogP contribution in [0.4, 0.5) is 0 Å². The van der Waals surface area contributed by atoms with E-state index < -0.39 is 0 Å². The Kier molecular flexibility index (Phi) is 5.05. The van der Waals surface area contributed by atoms with Crippen molar-refractivity contribution < 1.29 is 4.79 Å². The van der Waals surface area contributed by atoms with Gasteiger partial charge in [-0.1, -0.05) is 53.7 Å². The summed E-state index contributed by atoms with van der Waals surface area (Å²) in [7, 11) is 0. The fourth-order valence-corrected chi connectivity index (χ4v) is 4.39. The van der Waals surface area contributed by atoms with Gasteiger partial charge in [-0.3, -0.25) is 4.79 Å². The Balaban J connectivity index is 1.58. The molecule has 0 aliphatic carbocycles. The zero-order valence-corrected chi connectivity index (χ0v) is 17.0. The molecule has 2 heterocycles. The van der Waals surface area contributed by atoms with Crippen molar-refractivity contribution in [1.29, 1.82) is 0 Å². The van der Waals surface area contributed by atoms with Crippen molar-refractivity contribution in [1.82, 2.24) is 19.7 Å². The lowest BCUT2D eigenvalue weighted by atomic mass is 10.1. The van der Waals surface area contributed by atoms with E-state index in [0.29, 0.717) is 5.75 Å². The molecule has 0 aliphatic rings. The van der Waals surface area contributed by atoms with E-state index in [2.05, 4.69) is 45.7 Å². The number of aromatic amines is 1. The number of nitrogens with one attached hydrogen (secondary N) is 1. The van der Waals surface area contributed by atoms with Gasteiger partial charge in [0.2, 0.25) is 0 Å². The Morgan fingerprint density at radius 3 is 2.71 bits per heavy atom. The standard InChI is InChI=1S/C22H22N4OS/c1-4-26-21(16-9-7-8-14(2)12-16)24-25-22(26)28-13-19(27)20-15(3)23-18-11-6-5-10-17(18)20/h5-12,23H,4,13H2,1-3H3. The van der Waals surface area contributed by atoms with E-state index in [1.54, 1.807) is 0 Å². The second kappa shape index (κ2) is 7.64. The summed E-state index contributed by atoms with van der Waals surface area (Å²) >= 11 is 1.44. The van der Waals surface area contributed by atoms with Crippen LogP contribution in [-0.2, 0) is 6.54 Å². The summed E-state index contributed by atoms with van der Waals surface area (Å²) in [4.78, 5) is 16.2. The summed E-state index contributed by atoms with van der Waals surface area (Å²) in [5.41, 5.74) is 4.89. The van der Waals surface area contributed by atoms with Crippen LogP contribution in [0, 0.1) is 13.8 Å². The number of thioether (sulfide) groups is 1. The number of benzene rings is 2. The highest BCUT2D eigenvalue weighted by molar-refractivity contribution is 7.99. The number of fused-ring (bicyclic) bond motifs is 1. The van der Waals surface area contributed by atoms with Crippen molar-refractivity contribution in [3.8, 4) is 11.4 Å². The molecule has 4 rings (SSSR count). The molecule has 0 fully saturated rings. The summed E-state index contributed by atoms with van der Waals surface area (Å²) in [6.07, 6.45) is 0. The fourth-order valence-electron chi connectivity index (χ4n) is 3.52. The lowest BCUT2D eigenvalue weighted by Crippen LogP contribution is -2.06. The van der Waals surface area contributed by atoms with Crippen LogP contribution in [0.1, 0.15) is 28.5 Å².